The van der Waals surface area contributed by atoms with Crippen LogP contribution in [0.4, 0.5) is 5.69 Å². The van der Waals surface area contributed by atoms with E-state index in [0.717, 1.165) is 27.6 Å². The van der Waals surface area contributed by atoms with Crippen LogP contribution in [0.1, 0.15) is 33.9 Å². The number of anilines is 1. The van der Waals surface area contributed by atoms with Crippen molar-refractivity contribution in [1.82, 2.24) is 5.01 Å². The molecule has 0 saturated heterocycles. The normalized spacial score (nSPS) is 17.0. The molecule has 0 spiro atoms. The van der Waals surface area contributed by atoms with Crippen LogP contribution in [0.2, 0.25) is 5.02 Å². The fourth-order valence-electron chi connectivity index (χ4n) is 4.84. The summed E-state index contributed by atoms with van der Waals surface area (Å²) in [6, 6.07) is 27.9. The number of hydrazone groups is 1. The molecule has 0 bridgehead atoms. The van der Waals surface area contributed by atoms with Gasteiger partial charge in [-0.3, -0.25) is 19.3 Å². The number of ketones is 1. The average Bonchev–Trinajstić information content (AvgIpc) is 3.45. The molecule has 0 aromatic heterocycles. The first-order chi connectivity index (χ1) is 17.5. The lowest BCUT2D eigenvalue weighted by Gasteiger charge is -2.24. The van der Waals surface area contributed by atoms with Gasteiger partial charge in [-0.25, -0.2) is 5.01 Å². The number of nitrogens with zero attached hydrogens (tertiary/aromatic N) is 3. The van der Waals surface area contributed by atoms with Crippen molar-refractivity contribution < 1.29 is 14.4 Å². The van der Waals surface area contributed by atoms with Gasteiger partial charge in [0.1, 0.15) is 6.54 Å². The maximum Gasteiger partial charge on any atom is 0.299 e. The van der Waals surface area contributed by atoms with E-state index in [4.69, 9.17) is 16.7 Å². The van der Waals surface area contributed by atoms with E-state index in [-0.39, 0.29) is 18.5 Å². The van der Waals surface area contributed by atoms with Crippen LogP contribution < -0.4 is 4.90 Å². The predicted octanol–water partition coefficient (Wildman–Crippen LogP) is 5.40. The molecule has 1 atom stereocenters. The Morgan fingerprint density at radius 1 is 0.889 bits per heavy atom. The smallest absolute Gasteiger partial charge is 0.295 e. The van der Waals surface area contributed by atoms with E-state index in [1.54, 1.807) is 36.4 Å². The molecule has 0 fully saturated rings. The first kappa shape index (κ1) is 22.2. The molecule has 0 N–H and O–H groups in total. The number of amides is 2. The van der Waals surface area contributed by atoms with Gasteiger partial charge in [0.2, 0.25) is 0 Å². The number of Topliss-reactive ketones (excluding diaryl/α,β-unsaturated/α-hetero) is 1. The van der Waals surface area contributed by atoms with Crippen LogP contribution in [0, 0.1) is 0 Å². The first-order valence-electron chi connectivity index (χ1n) is 11.6. The number of carbonyl (C=O) groups is 3. The van der Waals surface area contributed by atoms with E-state index in [1.165, 1.54) is 9.91 Å². The molecule has 6 rings (SSSR count). The number of para-hydroxylation sites is 1. The fraction of sp³-hybridized carbons (Fsp3) is 0.103. The zero-order chi connectivity index (χ0) is 24.8. The number of carbonyl (C=O) groups excluding carboxylic acids is 3. The maximum absolute atomic E-state index is 13.6. The predicted molar refractivity (Wildman–Crippen MR) is 139 cm³/mol. The lowest BCUT2D eigenvalue weighted by Crippen LogP contribution is -2.40. The Morgan fingerprint density at radius 3 is 2.42 bits per heavy atom. The minimum Gasteiger partial charge on any atom is -0.295 e. The van der Waals surface area contributed by atoms with Crippen LogP contribution in [0.3, 0.4) is 0 Å². The molecule has 1 unspecified atom stereocenters. The monoisotopic (exact) mass is 493 g/mol. The number of hydrogen-bond acceptors (Lipinski definition) is 4. The largest absolute Gasteiger partial charge is 0.299 e. The van der Waals surface area contributed by atoms with E-state index in [1.807, 2.05) is 48.5 Å². The number of hydrogen-bond donors (Lipinski definition) is 0. The summed E-state index contributed by atoms with van der Waals surface area (Å²) in [5.74, 6) is -1.68. The highest BCUT2D eigenvalue weighted by Crippen LogP contribution is 2.35. The highest BCUT2D eigenvalue weighted by molar-refractivity contribution is 6.52. The Kier molecular flexibility index (Phi) is 5.38. The van der Waals surface area contributed by atoms with Crippen LogP contribution >= 0.6 is 11.6 Å². The average molecular weight is 494 g/mol. The third-order valence-corrected chi connectivity index (χ3v) is 6.93. The third kappa shape index (κ3) is 3.76. The zero-order valence-corrected chi connectivity index (χ0v) is 19.9. The minimum atomic E-state index is -0.703. The van der Waals surface area contributed by atoms with Gasteiger partial charge in [0.15, 0.2) is 0 Å². The standard InChI is InChI=1S/C29H20ClN3O3/c30-22-13-11-19(12-14-22)26-16-24(21-10-9-18-5-1-2-6-20(18)15-21)31-33(26)27(34)17-32-25-8-4-3-7-23(25)28(35)29(32)36/h1-15,26H,16-17H2. The van der Waals surface area contributed by atoms with Gasteiger partial charge in [-0.1, -0.05) is 72.3 Å². The van der Waals surface area contributed by atoms with Crippen molar-refractivity contribution in [3.05, 3.63) is 113 Å². The van der Waals surface area contributed by atoms with Gasteiger partial charge in [0.25, 0.3) is 17.6 Å². The van der Waals surface area contributed by atoms with Crippen LogP contribution in [0.15, 0.2) is 96.1 Å². The summed E-state index contributed by atoms with van der Waals surface area (Å²) in [5.41, 5.74) is 3.35. The zero-order valence-electron chi connectivity index (χ0n) is 19.1. The molecule has 2 aliphatic heterocycles. The second-order valence-corrected chi connectivity index (χ2v) is 9.29. The molecule has 36 heavy (non-hydrogen) atoms. The molecule has 176 valence electrons. The van der Waals surface area contributed by atoms with Crippen molar-refractivity contribution in [3.63, 3.8) is 0 Å². The fourth-order valence-corrected chi connectivity index (χ4v) is 4.97. The molecule has 0 saturated carbocycles. The van der Waals surface area contributed by atoms with E-state index in [0.29, 0.717) is 22.7 Å². The summed E-state index contributed by atoms with van der Waals surface area (Å²) in [4.78, 5) is 39.9. The van der Waals surface area contributed by atoms with Crippen molar-refractivity contribution in [2.24, 2.45) is 5.10 Å². The minimum absolute atomic E-state index is 0.278. The van der Waals surface area contributed by atoms with Gasteiger partial charge in [-0.2, -0.15) is 5.10 Å². The second kappa shape index (κ2) is 8.73. The van der Waals surface area contributed by atoms with Gasteiger partial charge in [-0.05, 0) is 52.2 Å². The van der Waals surface area contributed by atoms with Crippen molar-refractivity contribution in [3.8, 4) is 0 Å². The highest BCUT2D eigenvalue weighted by Gasteiger charge is 2.40. The van der Waals surface area contributed by atoms with Crippen LogP contribution in [0.25, 0.3) is 10.8 Å². The summed E-state index contributed by atoms with van der Waals surface area (Å²) in [6.45, 7) is -0.278. The van der Waals surface area contributed by atoms with Crippen molar-refractivity contribution >= 4 is 51.4 Å². The molecular weight excluding hydrogens is 474 g/mol. The van der Waals surface area contributed by atoms with Gasteiger partial charge in [-0.15, -0.1) is 0 Å². The van der Waals surface area contributed by atoms with Crippen molar-refractivity contribution in [2.45, 2.75) is 12.5 Å². The van der Waals surface area contributed by atoms with Crippen LogP contribution in [0.5, 0.6) is 0 Å². The molecular formula is C29H20ClN3O3. The van der Waals surface area contributed by atoms with Gasteiger partial charge in [0.05, 0.1) is 23.0 Å². The Bertz CT molecular complexity index is 1580. The lowest BCUT2D eigenvalue weighted by atomic mass is 9.97. The Morgan fingerprint density at radius 2 is 1.61 bits per heavy atom. The Hall–Kier alpha value is -4.29. The Labute approximate surface area is 212 Å². The second-order valence-electron chi connectivity index (χ2n) is 8.86. The number of fused-ring (bicyclic) bond motifs is 2. The molecule has 7 heteroatoms. The molecule has 2 amide bonds. The molecule has 2 aliphatic rings. The molecule has 6 nitrogen and oxygen atoms in total. The maximum atomic E-state index is 13.6. The number of rotatable bonds is 4. The van der Waals surface area contributed by atoms with Gasteiger partial charge < -0.3 is 0 Å². The third-order valence-electron chi connectivity index (χ3n) is 6.68. The number of halogens is 1. The summed E-state index contributed by atoms with van der Waals surface area (Å²) in [5, 5.41) is 8.98. The summed E-state index contributed by atoms with van der Waals surface area (Å²) in [7, 11) is 0. The summed E-state index contributed by atoms with van der Waals surface area (Å²) >= 11 is 6.10. The SMILES string of the molecule is O=C1C(=O)N(CC(=O)N2N=C(c3ccc4ccccc4c3)CC2c2ccc(Cl)cc2)c2ccccc21. The first-order valence-corrected chi connectivity index (χ1v) is 12.0. The summed E-state index contributed by atoms with van der Waals surface area (Å²) < 4.78 is 0. The molecule has 4 aromatic rings. The topological polar surface area (TPSA) is 70.1 Å². The van der Waals surface area contributed by atoms with E-state index < -0.39 is 11.7 Å². The quantitative estimate of drug-likeness (QED) is 0.357. The Balaban J connectivity index is 1.35. The molecule has 2 heterocycles. The van der Waals surface area contributed by atoms with E-state index >= 15 is 0 Å². The summed E-state index contributed by atoms with van der Waals surface area (Å²) in [6.07, 6.45) is 0.509. The molecule has 4 aromatic carbocycles. The van der Waals surface area contributed by atoms with E-state index in [9.17, 15) is 14.4 Å². The van der Waals surface area contributed by atoms with Crippen molar-refractivity contribution in [1.29, 1.82) is 0 Å². The van der Waals surface area contributed by atoms with Crippen LogP contribution in [-0.2, 0) is 9.59 Å². The van der Waals surface area contributed by atoms with Crippen LogP contribution in [-0.4, -0.2) is 34.9 Å². The van der Waals surface area contributed by atoms with E-state index in [2.05, 4.69) is 6.07 Å². The van der Waals surface area contributed by atoms with Gasteiger partial charge >= 0.3 is 0 Å². The lowest BCUT2D eigenvalue weighted by molar-refractivity contribution is -0.132. The van der Waals surface area contributed by atoms with Crippen molar-refractivity contribution in [2.75, 3.05) is 11.4 Å². The molecule has 0 aliphatic carbocycles. The van der Waals surface area contributed by atoms with Gasteiger partial charge in [0, 0.05) is 11.4 Å². The highest BCUT2D eigenvalue weighted by atomic mass is 35.5. The number of benzene rings is 4. The molecule has 0 radical (unpaired) electrons.